The average molecular weight is 383 g/mol. The van der Waals surface area contributed by atoms with Crippen molar-refractivity contribution in [1.82, 2.24) is 9.88 Å². The van der Waals surface area contributed by atoms with Crippen molar-refractivity contribution in [3.8, 4) is 0 Å². The maximum Gasteiger partial charge on any atom is 0.227 e. The summed E-state index contributed by atoms with van der Waals surface area (Å²) in [5, 5.41) is 1.04. The smallest absolute Gasteiger partial charge is 0.227 e. The molecule has 0 saturated carbocycles. The number of hydrogen-bond donors (Lipinski definition) is 0. The highest BCUT2D eigenvalue weighted by Crippen LogP contribution is 2.33. The minimum absolute atomic E-state index is 0.0947. The molecule has 0 spiro atoms. The Morgan fingerprint density at radius 1 is 1.04 bits per heavy atom. The molecule has 1 aliphatic rings. The number of thiazole rings is 1. The molecule has 1 aromatic heterocycles. The Hall–Kier alpha value is -2.47. The third-order valence-electron chi connectivity index (χ3n) is 5.10. The van der Waals surface area contributed by atoms with Gasteiger partial charge in [-0.3, -0.25) is 4.79 Å². The van der Waals surface area contributed by atoms with E-state index >= 15 is 0 Å². The topological polar surface area (TPSA) is 36.4 Å². The Kier molecular flexibility index (Phi) is 4.83. The van der Waals surface area contributed by atoms with Gasteiger partial charge in [0, 0.05) is 26.2 Å². The molecule has 0 unspecified atom stereocenters. The van der Waals surface area contributed by atoms with Crippen LogP contribution in [0.4, 0.5) is 9.52 Å². The molecule has 0 N–H and O–H groups in total. The summed E-state index contributed by atoms with van der Waals surface area (Å²) in [5.41, 5.74) is 4.39. The van der Waals surface area contributed by atoms with Crippen molar-refractivity contribution in [3.05, 3.63) is 58.9 Å². The van der Waals surface area contributed by atoms with E-state index in [1.807, 2.05) is 4.90 Å². The summed E-state index contributed by atoms with van der Waals surface area (Å²) in [6, 6.07) is 10.4. The van der Waals surface area contributed by atoms with E-state index in [0.717, 1.165) is 29.3 Å². The number of anilines is 1. The number of carbonyl (C=O) groups is 1. The van der Waals surface area contributed by atoms with Gasteiger partial charge in [0.25, 0.3) is 0 Å². The highest BCUT2D eigenvalue weighted by Gasteiger charge is 2.23. The van der Waals surface area contributed by atoms with Gasteiger partial charge in [0.15, 0.2) is 5.13 Å². The first-order valence-corrected chi connectivity index (χ1v) is 9.97. The Bertz CT molecular complexity index is 936. The molecule has 140 valence electrons. The van der Waals surface area contributed by atoms with Gasteiger partial charge in [-0.1, -0.05) is 35.6 Å². The molecule has 0 bridgehead atoms. The lowest BCUT2D eigenvalue weighted by molar-refractivity contribution is -0.130. The predicted molar refractivity (Wildman–Crippen MR) is 108 cm³/mol. The van der Waals surface area contributed by atoms with Crippen molar-refractivity contribution in [2.45, 2.75) is 20.3 Å². The number of aromatic nitrogens is 1. The van der Waals surface area contributed by atoms with Crippen molar-refractivity contribution < 1.29 is 9.18 Å². The number of nitrogens with zero attached hydrogens (tertiary/aromatic N) is 3. The number of carbonyl (C=O) groups excluding carboxylic acids is 1. The summed E-state index contributed by atoms with van der Waals surface area (Å²) in [6.07, 6.45) is 0.319. The quantitative estimate of drug-likeness (QED) is 0.687. The molecular weight excluding hydrogens is 361 g/mol. The number of halogens is 1. The molecular formula is C21H22FN3OS. The largest absolute Gasteiger partial charge is 0.345 e. The number of hydrogen-bond acceptors (Lipinski definition) is 4. The lowest BCUT2D eigenvalue weighted by Gasteiger charge is -2.34. The van der Waals surface area contributed by atoms with Crippen molar-refractivity contribution >= 4 is 32.6 Å². The minimum Gasteiger partial charge on any atom is -0.345 e. The first kappa shape index (κ1) is 17.9. The highest BCUT2D eigenvalue weighted by atomic mass is 32.1. The van der Waals surface area contributed by atoms with E-state index in [0.29, 0.717) is 19.5 Å². The summed E-state index contributed by atoms with van der Waals surface area (Å²) in [6.45, 7) is 7.16. The zero-order valence-electron chi connectivity index (χ0n) is 15.5. The van der Waals surface area contributed by atoms with E-state index in [9.17, 15) is 9.18 Å². The lowest BCUT2D eigenvalue weighted by atomic mass is 10.1. The Balaban J connectivity index is 1.41. The van der Waals surface area contributed by atoms with Gasteiger partial charge < -0.3 is 9.80 Å². The van der Waals surface area contributed by atoms with Gasteiger partial charge in [-0.15, -0.1) is 0 Å². The first-order valence-electron chi connectivity index (χ1n) is 9.15. The second-order valence-corrected chi connectivity index (χ2v) is 8.02. The fourth-order valence-corrected chi connectivity index (χ4v) is 4.58. The lowest BCUT2D eigenvalue weighted by Crippen LogP contribution is -2.49. The van der Waals surface area contributed by atoms with Crippen molar-refractivity contribution in [1.29, 1.82) is 0 Å². The van der Waals surface area contributed by atoms with Crippen LogP contribution in [0.3, 0.4) is 0 Å². The summed E-state index contributed by atoms with van der Waals surface area (Å²) in [7, 11) is 0. The maximum absolute atomic E-state index is 13.0. The zero-order chi connectivity index (χ0) is 19.0. The van der Waals surface area contributed by atoms with E-state index in [-0.39, 0.29) is 11.7 Å². The molecule has 2 aromatic carbocycles. The number of piperazine rings is 1. The van der Waals surface area contributed by atoms with Crippen molar-refractivity contribution in [2.75, 3.05) is 31.1 Å². The molecule has 3 aromatic rings. The van der Waals surface area contributed by atoms with Gasteiger partial charge in [0.05, 0.1) is 16.6 Å². The second-order valence-electron chi connectivity index (χ2n) is 7.04. The van der Waals surface area contributed by atoms with Gasteiger partial charge in [-0.25, -0.2) is 9.37 Å². The number of benzene rings is 2. The Morgan fingerprint density at radius 3 is 2.37 bits per heavy atom. The van der Waals surface area contributed by atoms with E-state index in [1.54, 1.807) is 23.5 Å². The minimum atomic E-state index is -0.277. The number of fused-ring (bicyclic) bond motifs is 1. The molecule has 6 heteroatoms. The van der Waals surface area contributed by atoms with Crippen LogP contribution in [0.15, 0.2) is 36.4 Å². The molecule has 4 nitrogen and oxygen atoms in total. The molecule has 1 aliphatic heterocycles. The van der Waals surface area contributed by atoms with Crippen LogP contribution in [0, 0.1) is 19.7 Å². The molecule has 0 radical (unpaired) electrons. The highest BCUT2D eigenvalue weighted by molar-refractivity contribution is 7.22. The van der Waals surface area contributed by atoms with Crippen LogP contribution in [-0.2, 0) is 11.2 Å². The molecule has 27 heavy (non-hydrogen) atoms. The summed E-state index contributed by atoms with van der Waals surface area (Å²) in [4.78, 5) is 21.5. The van der Waals surface area contributed by atoms with Crippen LogP contribution >= 0.6 is 11.3 Å². The molecule has 2 heterocycles. The number of aryl methyl sites for hydroxylation is 2. The molecule has 1 amide bonds. The van der Waals surface area contributed by atoms with Gasteiger partial charge >= 0.3 is 0 Å². The standard InChI is InChI=1S/C21H22FN3OS/c1-14-3-4-15(2)20-19(14)23-21(27-20)25-11-9-24(10-12-25)18(26)13-16-5-7-17(22)8-6-16/h3-8H,9-13H2,1-2H3. The van der Waals surface area contributed by atoms with Crippen molar-refractivity contribution in [2.24, 2.45) is 0 Å². The summed E-state index contributed by atoms with van der Waals surface area (Å²) >= 11 is 1.73. The van der Waals surface area contributed by atoms with Gasteiger partial charge in [-0.2, -0.15) is 0 Å². The fourth-order valence-electron chi connectivity index (χ4n) is 3.42. The van der Waals surface area contributed by atoms with Crippen LogP contribution < -0.4 is 4.90 Å². The molecule has 1 fully saturated rings. The van der Waals surface area contributed by atoms with E-state index < -0.39 is 0 Å². The molecule has 0 atom stereocenters. The molecule has 1 saturated heterocycles. The summed E-state index contributed by atoms with van der Waals surface area (Å²) < 4.78 is 14.3. The monoisotopic (exact) mass is 383 g/mol. The first-order chi connectivity index (χ1) is 13.0. The second kappa shape index (κ2) is 7.27. The van der Waals surface area contributed by atoms with Crippen LogP contribution in [0.1, 0.15) is 16.7 Å². The fraction of sp³-hybridized carbons (Fsp3) is 0.333. The Labute approximate surface area is 162 Å². The normalized spacial score (nSPS) is 14.8. The maximum atomic E-state index is 13.0. The van der Waals surface area contributed by atoms with Crippen LogP contribution in [0.5, 0.6) is 0 Å². The van der Waals surface area contributed by atoms with E-state index in [4.69, 9.17) is 4.98 Å². The van der Waals surface area contributed by atoms with Crippen LogP contribution in [0.2, 0.25) is 0 Å². The van der Waals surface area contributed by atoms with Crippen molar-refractivity contribution in [3.63, 3.8) is 0 Å². The Morgan fingerprint density at radius 2 is 1.70 bits per heavy atom. The van der Waals surface area contributed by atoms with E-state index in [1.165, 1.54) is 28.0 Å². The number of rotatable bonds is 3. The van der Waals surface area contributed by atoms with Crippen LogP contribution in [-0.4, -0.2) is 42.0 Å². The molecule has 4 rings (SSSR count). The third-order valence-corrected chi connectivity index (χ3v) is 6.35. The number of amides is 1. The van der Waals surface area contributed by atoms with Gasteiger partial charge in [0.1, 0.15) is 5.82 Å². The SMILES string of the molecule is Cc1ccc(C)c2sc(N3CCN(C(=O)Cc4ccc(F)cc4)CC3)nc12. The van der Waals surface area contributed by atoms with Gasteiger partial charge in [0.2, 0.25) is 5.91 Å². The van der Waals surface area contributed by atoms with E-state index in [2.05, 4.69) is 30.9 Å². The zero-order valence-corrected chi connectivity index (χ0v) is 16.4. The summed E-state index contributed by atoms with van der Waals surface area (Å²) in [5.74, 6) is -0.182. The van der Waals surface area contributed by atoms with Gasteiger partial charge in [-0.05, 0) is 42.7 Å². The molecule has 0 aliphatic carbocycles. The predicted octanol–water partition coefficient (Wildman–Crippen LogP) is 3.94. The third kappa shape index (κ3) is 3.67. The average Bonchev–Trinajstić information content (AvgIpc) is 3.14. The van der Waals surface area contributed by atoms with Crippen LogP contribution in [0.25, 0.3) is 10.2 Å².